The molecule has 102 valence electrons. The average Bonchev–Trinajstić information content (AvgIpc) is 2.38. The zero-order valence-electron chi connectivity index (χ0n) is 11.6. The van der Waals surface area contributed by atoms with Crippen molar-refractivity contribution in [3.05, 3.63) is 28.2 Å². The van der Waals surface area contributed by atoms with Crippen molar-refractivity contribution in [3.63, 3.8) is 0 Å². The van der Waals surface area contributed by atoms with Gasteiger partial charge in [-0.25, -0.2) is 0 Å². The van der Waals surface area contributed by atoms with Crippen molar-refractivity contribution in [1.82, 2.24) is 5.32 Å². The molecule has 0 saturated heterocycles. The molecule has 0 aliphatic heterocycles. The van der Waals surface area contributed by atoms with E-state index >= 15 is 0 Å². The Balaban J connectivity index is 2.65. The van der Waals surface area contributed by atoms with Gasteiger partial charge in [-0.2, -0.15) is 0 Å². The summed E-state index contributed by atoms with van der Waals surface area (Å²) in [6.07, 6.45) is 3.44. The monoisotopic (exact) mass is 313 g/mol. The molecule has 1 rings (SSSR count). The SMILES string of the molecule is CCCNCC(CC)Cc1cc(Br)ccc1OC. The fourth-order valence-corrected chi connectivity index (χ4v) is 2.47. The lowest BCUT2D eigenvalue weighted by Crippen LogP contribution is -2.24. The van der Waals surface area contributed by atoms with Crippen LogP contribution in [-0.2, 0) is 6.42 Å². The number of halogens is 1. The van der Waals surface area contributed by atoms with Gasteiger partial charge in [0.15, 0.2) is 0 Å². The Morgan fingerprint density at radius 2 is 2.11 bits per heavy atom. The second-order valence-corrected chi connectivity index (χ2v) is 5.55. The van der Waals surface area contributed by atoms with Crippen molar-refractivity contribution < 1.29 is 4.74 Å². The molecule has 1 unspecified atom stereocenters. The van der Waals surface area contributed by atoms with Gasteiger partial charge < -0.3 is 10.1 Å². The Hall–Kier alpha value is -0.540. The first-order valence-corrected chi connectivity index (χ1v) is 7.53. The highest BCUT2D eigenvalue weighted by Crippen LogP contribution is 2.26. The molecule has 0 aliphatic carbocycles. The van der Waals surface area contributed by atoms with E-state index in [2.05, 4.69) is 41.2 Å². The highest BCUT2D eigenvalue weighted by molar-refractivity contribution is 9.10. The van der Waals surface area contributed by atoms with Gasteiger partial charge in [-0.3, -0.25) is 0 Å². The van der Waals surface area contributed by atoms with Gasteiger partial charge in [-0.1, -0.05) is 36.2 Å². The van der Waals surface area contributed by atoms with Gasteiger partial charge in [-0.05, 0) is 55.6 Å². The van der Waals surface area contributed by atoms with Crippen LogP contribution in [0.2, 0.25) is 0 Å². The van der Waals surface area contributed by atoms with Crippen molar-refractivity contribution in [2.75, 3.05) is 20.2 Å². The molecule has 3 heteroatoms. The molecule has 0 spiro atoms. The van der Waals surface area contributed by atoms with Gasteiger partial charge in [0.05, 0.1) is 7.11 Å². The van der Waals surface area contributed by atoms with Crippen molar-refractivity contribution in [1.29, 1.82) is 0 Å². The molecule has 0 saturated carbocycles. The maximum atomic E-state index is 5.43. The molecule has 2 nitrogen and oxygen atoms in total. The summed E-state index contributed by atoms with van der Waals surface area (Å²) in [4.78, 5) is 0. The molecule has 0 radical (unpaired) electrons. The number of nitrogens with one attached hydrogen (secondary N) is 1. The van der Waals surface area contributed by atoms with Crippen LogP contribution in [0, 0.1) is 5.92 Å². The zero-order valence-corrected chi connectivity index (χ0v) is 13.2. The van der Waals surface area contributed by atoms with Crippen molar-refractivity contribution in [2.24, 2.45) is 5.92 Å². The van der Waals surface area contributed by atoms with Crippen molar-refractivity contribution in [2.45, 2.75) is 33.1 Å². The summed E-state index contributed by atoms with van der Waals surface area (Å²) in [5.41, 5.74) is 1.29. The Morgan fingerprint density at radius 3 is 2.72 bits per heavy atom. The van der Waals surface area contributed by atoms with E-state index < -0.39 is 0 Å². The van der Waals surface area contributed by atoms with E-state index in [4.69, 9.17) is 4.74 Å². The first-order valence-electron chi connectivity index (χ1n) is 6.74. The van der Waals surface area contributed by atoms with E-state index in [0.717, 1.165) is 29.7 Å². The molecule has 0 aromatic heterocycles. The zero-order chi connectivity index (χ0) is 13.4. The summed E-state index contributed by atoms with van der Waals surface area (Å²) >= 11 is 3.53. The fourth-order valence-electron chi connectivity index (χ4n) is 2.06. The van der Waals surface area contributed by atoms with Crippen molar-refractivity contribution in [3.8, 4) is 5.75 Å². The van der Waals surface area contributed by atoms with Crippen molar-refractivity contribution >= 4 is 15.9 Å². The third-order valence-electron chi connectivity index (χ3n) is 3.19. The van der Waals surface area contributed by atoms with Crippen LogP contribution in [0.5, 0.6) is 5.75 Å². The third-order valence-corrected chi connectivity index (χ3v) is 3.68. The summed E-state index contributed by atoms with van der Waals surface area (Å²) in [5.74, 6) is 1.66. The minimum atomic E-state index is 0.666. The fraction of sp³-hybridized carbons (Fsp3) is 0.600. The molecule has 0 bridgehead atoms. The number of benzene rings is 1. The van der Waals surface area contributed by atoms with E-state index in [0.29, 0.717) is 5.92 Å². The van der Waals surface area contributed by atoms with Gasteiger partial charge in [0, 0.05) is 4.47 Å². The summed E-state index contributed by atoms with van der Waals surface area (Å²) < 4.78 is 6.55. The largest absolute Gasteiger partial charge is 0.496 e. The highest BCUT2D eigenvalue weighted by atomic mass is 79.9. The minimum Gasteiger partial charge on any atom is -0.496 e. The lowest BCUT2D eigenvalue weighted by Gasteiger charge is -2.17. The van der Waals surface area contributed by atoms with Gasteiger partial charge >= 0.3 is 0 Å². The lowest BCUT2D eigenvalue weighted by atomic mass is 9.96. The highest BCUT2D eigenvalue weighted by Gasteiger charge is 2.11. The smallest absolute Gasteiger partial charge is 0.122 e. The van der Waals surface area contributed by atoms with Gasteiger partial charge in [0.2, 0.25) is 0 Å². The van der Waals surface area contributed by atoms with Crippen LogP contribution in [0.1, 0.15) is 32.3 Å². The Kier molecular flexibility index (Phi) is 7.36. The van der Waals surface area contributed by atoms with Crippen LogP contribution in [0.25, 0.3) is 0 Å². The summed E-state index contributed by atoms with van der Waals surface area (Å²) in [5, 5.41) is 3.51. The number of hydrogen-bond acceptors (Lipinski definition) is 2. The van der Waals surface area contributed by atoms with Crippen LogP contribution in [0.4, 0.5) is 0 Å². The molecular formula is C15H24BrNO. The maximum Gasteiger partial charge on any atom is 0.122 e. The van der Waals surface area contributed by atoms with Gasteiger partial charge in [-0.15, -0.1) is 0 Å². The first-order chi connectivity index (χ1) is 8.71. The Labute approximate surface area is 119 Å². The van der Waals surface area contributed by atoms with Crippen LogP contribution in [-0.4, -0.2) is 20.2 Å². The van der Waals surface area contributed by atoms with E-state index in [1.54, 1.807) is 7.11 Å². The molecule has 0 heterocycles. The van der Waals surface area contributed by atoms with Gasteiger partial charge in [0.1, 0.15) is 5.75 Å². The predicted molar refractivity (Wildman–Crippen MR) is 81.3 cm³/mol. The molecule has 1 N–H and O–H groups in total. The topological polar surface area (TPSA) is 21.3 Å². The summed E-state index contributed by atoms with van der Waals surface area (Å²) in [6.45, 7) is 6.64. The van der Waals surface area contributed by atoms with Crippen LogP contribution in [0.15, 0.2) is 22.7 Å². The lowest BCUT2D eigenvalue weighted by molar-refractivity contribution is 0.398. The molecule has 0 fully saturated rings. The molecule has 1 atom stereocenters. The minimum absolute atomic E-state index is 0.666. The summed E-state index contributed by atoms with van der Waals surface area (Å²) in [7, 11) is 1.74. The first kappa shape index (κ1) is 15.5. The Morgan fingerprint density at radius 1 is 1.33 bits per heavy atom. The van der Waals surface area contributed by atoms with Crippen LogP contribution in [0.3, 0.4) is 0 Å². The van der Waals surface area contributed by atoms with E-state index in [9.17, 15) is 0 Å². The van der Waals surface area contributed by atoms with E-state index in [1.807, 2.05) is 12.1 Å². The Bertz CT molecular complexity index is 354. The number of hydrogen-bond donors (Lipinski definition) is 1. The summed E-state index contributed by atoms with van der Waals surface area (Å²) in [6, 6.07) is 6.23. The van der Waals surface area contributed by atoms with E-state index in [-0.39, 0.29) is 0 Å². The standard InChI is InChI=1S/C15H24BrNO/c1-4-8-17-11-12(5-2)9-13-10-14(16)6-7-15(13)18-3/h6-7,10,12,17H,4-5,8-9,11H2,1-3H3. The molecule has 0 aliphatic rings. The predicted octanol–water partition coefficient (Wildman–Crippen LogP) is 4.03. The number of methoxy groups -OCH3 is 1. The van der Waals surface area contributed by atoms with Gasteiger partial charge in [0.25, 0.3) is 0 Å². The molecule has 1 aromatic carbocycles. The average molecular weight is 314 g/mol. The van der Waals surface area contributed by atoms with Crippen LogP contribution >= 0.6 is 15.9 Å². The molecule has 18 heavy (non-hydrogen) atoms. The molecule has 0 amide bonds. The number of rotatable bonds is 8. The normalized spacial score (nSPS) is 12.4. The molecule has 1 aromatic rings. The van der Waals surface area contributed by atoms with E-state index in [1.165, 1.54) is 18.4 Å². The number of ether oxygens (including phenoxy) is 1. The molecular weight excluding hydrogens is 290 g/mol. The second kappa shape index (κ2) is 8.54. The quantitative estimate of drug-likeness (QED) is 0.732. The third kappa shape index (κ3) is 4.99. The maximum absolute atomic E-state index is 5.43. The van der Waals surface area contributed by atoms with Crippen LogP contribution < -0.4 is 10.1 Å². The second-order valence-electron chi connectivity index (χ2n) is 4.64.